The standard InChI is InChI=1S/C12H21O10.C3H5O.Y/c1-3-5(14)7(16)9(18)11(20-3)22-12-10(19)8(17)6(15)4(2-13)21-12;1-2-3-4;/h3-19H,1-2H2;2H2,1H3;/q2*-1;/t3?,4?,5-,6-,7+,8?,9?,10-,11-,12-;;/m1../s1. The van der Waals surface area contributed by atoms with E-state index in [-0.39, 0.29) is 32.7 Å². The third-order valence-electron chi connectivity index (χ3n) is 3.93. The van der Waals surface area contributed by atoms with Crippen molar-refractivity contribution < 1.29 is 87.5 Å². The van der Waals surface area contributed by atoms with Crippen molar-refractivity contribution in [1.82, 2.24) is 0 Å². The molecule has 12 heteroatoms. The van der Waals surface area contributed by atoms with Gasteiger partial charge in [-0.1, -0.05) is 6.92 Å². The molecule has 0 aromatic heterocycles. The molecular formula is C15H26O11Y-2. The van der Waals surface area contributed by atoms with Crippen molar-refractivity contribution in [2.75, 3.05) is 6.61 Å². The first-order valence-corrected chi connectivity index (χ1v) is 8.03. The molecule has 2 heterocycles. The minimum Gasteiger partial charge on any atom is -0.542 e. The van der Waals surface area contributed by atoms with Gasteiger partial charge in [0.25, 0.3) is 0 Å². The summed E-state index contributed by atoms with van der Waals surface area (Å²) in [5, 5.41) is 67.1. The molecule has 2 saturated heterocycles. The van der Waals surface area contributed by atoms with E-state index >= 15 is 0 Å². The first-order valence-electron chi connectivity index (χ1n) is 8.03. The van der Waals surface area contributed by atoms with Crippen LogP contribution in [0.2, 0.25) is 0 Å². The topological polar surface area (TPSA) is 186 Å². The molecule has 0 aromatic carbocycles. The van der Waals surface area contributed by atoms with E-state index in [0.717, 1.165) is 0 Å². The van der Waals surface area contributed by atoms with Gasteiger partial charge in [-0.25, -0.2) is 0 Å². The molecule has 2 rings (SSSR count). The Balaban J connectivity index is 0.00000123. The second kappa shape index (κ2) is 12.8. The van der Waals surface area contributed by atoms with Crippen LogP contribution in [0.3, 0.4) is 0 Å². The normalized spacial score (nSPS) is 44.5. The summed E-state index contributed by atoms with van der Waals surface area (Å²) in [5.41, 5.74) is 0. The molecule has 11 nitrogen and oxygen atoms in total. The molecule has 4 unspecified atom stereocenters. The number of carbonyl (C=O) groups excluding carboxylic acids is 1. The summed E-state index contributed by atoms with van der Waals surface area (Å²) in [6.07, 6.45) is -12.7. The van der Waals surface area contributed by atoms with E-state index in [1.807, 2.05) is 0 Å². The zero-order chi connectivity index (χ0) is 20.0. The summed E-state index contributed by atoms with van der Waals surface area (Å²) in [4.78, 5) is 9.05. The third-order valence-corrected chi connectivity index (χ3v) is 3.93. The van der Waals surface area contributed by atoms with Gasteiger partial charge in [0.1, 0.15) is 36.6 Å². The van der Waals surface area contributed by atoms with Gasteiger partial charge in [0.15, 0.2) is 12.6 Å². The Labute approximate surface area is 181 Å². The molecular weight excluding hydrogens is 445 g/mol. The number of hydrogen-bond acceptors (Lipinski definition) is 11. The molecule has 7 N–H and O–H groups in total. The van der Waals surface area contributed by atoms with Gasteiger partial charge in [0.05, 0.1) is 12.7 Å². The van der Waals surface area contributed by atoms with Crippen LogP contribution in [0.25, 0.3) is 0 Å². The van der Waals surface area contributed by atoms with Gasteiger partial charge in [0.2, 0.25) is 0 Å². The van der Waals surface area contributed by atoms with Gasteiger partial charge < -0.3 is 61.7 Å². The Morgan fingerprint density at radius 1 is 0.889 bits per heavy atom. The van der Waals surface area contributed by atoms with Crippen LogP contribution in [0, 0.1) is 6.92 Å². The summed E-state index contributed by atoms with van der Waals surface area (Å²) < 4.78 is 15.3. The molecule has 2 fully saturated rings. The molecule has 0 saturated carbocycles. The predicted octanol–water partition coefficient (Wildman–Crippen LogP) is -4.05. The first-order chi connectivity index (χ1) is 12.2. The molecule has 157 valence electrons. The summed E-state index contributed by atoms with van der Waals surface area (Å²) in [6, 6.07) is 0. The van der Waals surface area contributed by atoms with E-state index in [9.17, 15) is 30.6 Å². The van der Waals surface area contributed by atoms with Crippen molar-refractivity contribution in [3.8, 4) is 0 Å². The second-order valence-electron chi connectivity index (χ2n) is 5.85. The van der Waals surface area contributed by atoms with E-state index in [0.29, 0.717) is 6.42 Å². The van der Waals surface area contributed by atoms with Gasteiger partial charge >= 0.3 is 0 Å². The second-order valence-corrected chi connectivity index (χ2v) is 5.85. The minimum atomic E-state index is -1.68. The molecule has 0 aliphatic carbocycles. The monoisotopic (exact) mass is 471 g/mol. The fourth-order valence-corrected chi connectivity index (χ4v) is 2.34. The predicted molar refractivity (Wildman–Crippen MR) is 82.9 cm³/mol. The van der Waals surface area contributed by atoms with Gasteiger partial charge in [-0.2, -0.15) is 6.42 Å². The number of aliphatic hydroxyl groups is 7. The van der Waals surface area contributed by atoms with E-state index in [4.69, 9.17) is 24.1 Å². The van der Waals surface area contributed by atoms with Gasteiger partial charge in [-0.05, 0) is 6.10 Å². The molecule has 0 bridgehead atoms. The van der Waals surface area contributed by atoms with Crippen LogP contribution in [-0.2, 0) is 51.7 Å². The quantitative estimate of drug-likeness (QED) is 0.198. The summed E-state index contributed by atoms with van der Waals surface area (Å²) in [6.45, 7) is 4.54. The average Bonchev–Trinajstić information content (AvgIpc) is 2.64. The summed E-state index contributed by atoms with van der Waals surface area (Å²) in [7, 11) is 0. The van der Waals surface area contributed by atoms with E-state index in [1.165, 1.54) is 0 Å². The van der Waals surface area contributed by atoms with Crippen molar-refractivity contribution in [1.29, 1.82) is 0 Å². The van der Waals surface area contributed by atoms with Crippen LogP contribution in [0.5, 0.6) is 0 Å². The smallest absolute Gasteiger partial charge is 0.189 e. The van der Waals surface area contributed by atoms with E-state index in [1.54, 1.807) is 13.2 Å². The molecule has 2 aliphatic heterocycles. The van der Waals surface area contributed by atoms with Crippen LogP contribution >= 0.6 is 0 Å². The van der Waals surface area contributed by atoms with Crippen molar-refractivity contribution in [2.24, 2.45) is 0 Å². The molecule has 1 radical (unpaired) electrons. The summed E-state index contributed by atoms with van der Waals surface area (Å²) in [5.74, 6) is 0. The van der Waals surface area contributed by atoms with Gasteiger partial charge in [0, 0.05) is 32.7 Å². The molecule has 0 amide bonds. The van der Waals surface area contributed by atoms with Crippen LogP contribution in [0.1, 0.15) is 13.3 Å². The molecule has 27 heavy (non-hydrogen) atoms. The Kier molecular flexibility index (Phi) is 13.0. The van der Waals surface area contributed by atoms with Crippen molar-refractivity contribution in [2.45, 2.75) is 74.8 Å². The maximum atomic E-state index is 9.82. The Morgan fingerprint density at radius 3 is 1.78 bits per heavy atom. The maximum Gasteiger partial charge on any atom is 0.189 e. The minimum absolute atomic E-state index is 0. The number of rotatable bonds is 4. The summed E-state index contributed by atoms with van der Waals surface area (Å²) >= 11 is 0. The number of hydrogen-bond donors (Lipinski definition) is 7. The van der Waals surface area contributed by atoms with Gasteiger partial charge in [-0.15, -0.1) is 0 Å². The number of aliphatic hydroxyl groups excluding tert-OH is 7. The van der Waals surface area contributed by atoms with E-state index in [2.05, 4.69) is 6.92 Å². The van der Waals surface area contributed by atoms with Crippen LogP contribution in [-0.4, -0.2) is 110 Å². The van der Waals surface area contributed by atoms with E-state index < -0.39 is 68.0 Å². The molecule has 0 spiro atoms. The Morgan fingerprint density at radius 2 is 1.33 bits per heavy atom. The fraction of sp³-hybridized carbons (Fsp3) is 0.867. The zero-order valence-corrected chi connectivity index (χ0v) is 17.6. The fourth-order valence-electron chi connectivity index (χ4n) is 2.34. The number of ether oxygens (including phenoxy) is 3. The average molecular weight is 471 g/mol. The van der Waals surface area contributed by atoms with Crippen molar-refractivity contribution in [3.05, 3.63) is 6.92 Å². The van der Waals surface area contributed by atoms with Crippen LogP contribution in [0.15, 0.2) is 0 Å². The van der Waals surface area contributed by atoms with Crippen LogP contribution < -0.4 is 0 Å². The van der Waals surface area contributed by atoms with Crippen LogP contribution in [0.4, 0.5) is 0 Å². The zero-order valence-electron chi connectivity index (χ0n) is 14.7. The molecule has 0 aromatic rings. The Bertz CT molecular complexity index is 427. The molecule has 2 aliphatic rings. The Hall–Kier alpha value is 0.374. The maximum absolute atomic E-state index is 9.82. The SMILES string of the molecule is CC[C-]=O.[CH2-]C1O[C@H](O[C@H]2OC(CO)[C@@H](O)C(O)[C@H]2O)C(O)[C@@H](O)[C@@H]1O.[Y]. The molecule has 10 atom stereocenters. The first kappa shape index (κ1) is 27.4. The largest absolute Gasteiger partial charge is 0.542 e. The van der Waals surface area contributed by atoms with Crippen molar-refractivity contribution >= 4 is 6.29 Å². The third kappa shape index (κ3) is 6.98. The van der Waals surface area contributed by atoms with Crippen molar-refractivity contribution in [3.63, 3.8) is 0 Å². The van der Waals surface area contributed by atoms with Gasteiger partial charge in [-0.3, -0.25) is 6.29 Å².